The molecule has 0 aliphatic rings. The van der Waals surface area contributed by atoms with Crippen LogP contribution >= 0.6 is 6.80 Å². The third-order valence-corrected chi connectivity index (χ3v) is 3.99. The maximum atomic E-state index is 10.9. The third kappa shape index (κ3) is 4.33. The molecule has 0 amide bonds. The molecule has 0 spiro atoms. The molecular weight excluding hydrogens is 203 g/mol. The minimum Gasteiger partial charge on any atom is -0.313 e. The predicted molar refractivity (Wildman–Crippen MR) is 45.8 cm³/mol. The summed E-state index contributed by atoms with van der Waals surface area (Å²) in [6.45, 7) is -0.224. The normalized spacial score (nSPS) is 19.1. The highest BCUT2D eigenvalue weighted by atomic mass is 32.8. The van der Waals surface area contributed by atoms with Crippen LogP contribution in [-0.2, 0) is 24.0 Å². The summed E-state index contributed by atoms with van der Waals surface area (Å²) in [5.74, 6) is 0.158. The van der Waals surface area contributed by atoms with E-state index >= 15 is 0 Å². The fraction of sp³-hybridized carbons (Fsp3) is 1.00. The van der Waals surface area contributed by atoms with Crippen LogP contribution in [0.5, 0.6) is 0 Å². The minimum atomic E-state index is -4.07. The molecule has 2 unspecified atom stereocenters. The second kappa shape index (κ2) is 5.09. The molecule has 0 fully saturated rings. The van der Waals surface area contributed by atoms with E-state index in [0.29, 0.717) is 0 Å². The van der Waals surface area contributed by atoms with Gasteiger partial charge in [0.1, 0.15) is 0 Å². The lowest BCUT2D eigenvalue weighted by atomic mass is 10.2. The molecule has 0 bridgehead atoms. The van der Waals surface area contributed by atoms with Gasteiger partial charge in [-0.05, 0) is 5.92 Å². The van der Waals surface area contributed by atoms with Crippen molar-refractivity contribution in [2.24, 2.45) is 5.92 Å². The lowest BCUT2D eigenvalue weighted by molar-refractivity contribution is 0.286. The van der Waals surface area contributed by atoms with Crippen molar-refractivity contribution in [3.63, 3.8) is 0 Å². The van der Waals surface area contributed by atoms with Gasteiger partial charge in [0, 0.05) is 7.11 Å². The van der Waals surface area contributed by atoms with E-state index in [0.717, 1.165) is 7.11 Å². The van der Waals surface area contributed by atoms with Gasteiger partial charge in [0.05, 0.1) is 6.61 Å². The molecule has 0 aromatic heterocycles. The molecule has 0 aromatic carbocycles. The SMILES string of the molecule is COP(=O)(O)S(=O)OCC(C)C. The Bertz CT molecular complexity index is 204. The van der Waals surface area contributed by atoms with Crippen molar-refractivity contribution >= 4 is 17.5 Å². The average molecular weight is 216 g/mol. The van der Waals surface area contributed by atoms with E-state index in [1.807, 2.05) is 13.8 Å². The van der Waals surface area contributed by atoms with Gasteiger partial charge in [-0.3, -0.25) is 4.18 Å². The van der Waals surface area contributed by atoms with Gasteiger partial charge in [0.15, 0.2) is 0 Å². The van der Waals surface area contributed by atoms with Gasteiger partial charge >= 0.3 is 6.80 Å². The van der Waals surface area contributed by atoms with Crippen molar-refractivity contribution in [3.05, 3.63) is 0 Å². The topological polar surface area (TPSA) is 72.8 Å². The summed E-state index contributed by atoms with van der Waals surface area (Å²) < 4.78 is 30.4. The summed E-state index contributed by atoms with van der Waals surface area (Å²) in [6, 6.07) is 0. The third-order valence-electron chi connectivity index (χ3n) is 0.921. The summed E-state index contributed by atoms with van der Waals surface area (Å²) >= 11 is 0. The van der Waals surface area contributed by atoms with Crippen LogP contribution in [0.15, 0.2) is 0 Å². The molecule has 0 rings (SSSR count). The molecule has 0 aliphatic heterocycles. The Kier molecular flexibility index (Phi) is 5.20. The van der Waals surface area contributed by atoms with E-state index in [4.69, 9.17) is 4.89 Å². The highest BCUT2D eigenvalue weighted by Crippen LogP contribution is 2.45. The van der Waals surface area contributed by atoms with Gasteiger partial charge in [-0.25, -0.2) is 8.77 Å². The zero-order valence-corrected chi connectivity index (χ0v) is 8.93. The van der Waals surface area contributed by atoms with E-state index < -0.39 is 17.5 Å². The van der Waals surface area contributed by atoms with Crippen LogP contribution in [0.4, 0.5) is 0 Å². The first kappa shape index (κ1) is 12.3. The molecular formula is C5H13O5PS. The van der Waals surface area contributed by atoms with Gasteiger partial charge in [0.25, 0.3) is 10.7 Å². The predicted octanol–water partition coefficient (Wildman–Crippen LogP) is 1.07. The van der Waals surface area contributed by atoms with Crippen LogP contribution in [-0.4, -0.2) is 22.8 Å². The van der Waals surface area contributed by atoms with Crippen molar-refractivity contribution < 1.29 is 22.4 Å². The lowest BCUT2D eigenvalue weighted by Gasteiger charge is -2.08. The number of hydrogen-bond acceptors (Lipinski definition) is 4. The van der Waals surface area contributed by atoms with Crippen molar-refractivity contribution in [1.82, 2.24) is 0 Å². The Labute approximate surface area is 74.0 Å². The number of hydrogen-bond donors (Lipinski definition) is 1. The Hall–Kier alpha value is 0.260. The fourth-order valence-corrected chi connectivity index (χ4v) is 1.91. The van der Waals surface area contributed by atoms with Crippen LogP contribution in [0.25, 0.3) is 0 Å². The van der Waals surface area contributed by atoms with E-state index in [1.54, 1.807) is 0 Å². The second-order valence-corrected chi connectivity index (χ2v) is 6.80. The maximum absolute atomic E-state index is 10.9. The standard InChI is InChI=1S/C5H13O5PS/c1-5(2)4-10-12(8)11(6,7)9-3/h5H,4H2,1-3H3,(H,6,7). The molecule has 12 heavy (non-hydrogen) atoms. The van der Waals surface area contributed by atoms with E-state index in [2.05, 4.69) is 8.71 Å². The Balaban J connectivity index is 3.97. The molecule has 0 radical (unpaired) electrons. The Morgan fingerprint density at radius 1 is 1.58 bits per heavy atom. The summed E-state index contributed by atoms with van der Waals surface area (Å²) in [6.07, 6.45) is 0. The molecule has 0 heterocycles. The average Bonchev–Trinajstić information content (AvgIpc) is 2.00. The maximum Gasteiger partial charge on any atom is 0.442 e. The van der Waals surface area contributed by atoms with Crippen molar-refractivity contribution in [1.29, 1.82) is 0 Å². The first-order chi connectivity index (χ1) is 5.40. The van der Waals surface area contributed by atoms with Crippen LogP contribution in [0.1, 0.15) is 13.8 Å². The van der Waals surface area contributed by atoms with Crippen molar-refractivity contribution in [2.75, 3.05) is 13.7 Å². The molecule has 0 aliphatic carbocycles. The first-order valence-electron chi connectivity index (χ1n) is 3.34. The summed E-state index contributed by atoms with van der Waals surface area (Å²) in [4.78, 5) is 8.81. The van der Waals surface area contributed by atoms with Crippen LogP contribution < -0.4 is 0 Å². The quantitative estimate of drug-likeness (QED) is 0.696. The summed E-state index contributed by atoms with van der Waals surface area (Å²) in [5.41, 5.74) is 0. The van der Waals surface area contributed by atoms with Gasteiger partial charge in [-0.2, -0.15) is 0 Å². The van der Waals surface area contributed by atoms with Crippen LogP contribution in [0, 0.1) is 5.92 Å². The smallest absolute Gasteiger partial charge is 0.313 e. The zero-order chi connectivity index (χ0) is 9.78. The van der Waals surface area contributed by atoms with Crippen molar-refractivity contribution in [3.8, 4) is 0 Å². The summed E-state index contributed by atoms with van der Waals surface area (Å²) in [5, 5.41) is 0. The van der Waals surface area contributed by atoms with Gasteiger partial charge < -0.3 is 9.42 Å². The minimum absolute atomic E-state index is 0.158. The summed E-state index contributed by atoms with van der Waals surface area (Å²) in [7, 11) is -1.25. The molecule has 2 atom stereocenters. The highest BCUT2D eigenvalue weighted by Gasteiger charge is 2.28. The lowest BCUT2D eigenvalue weighted by Crippen LogP contribution is -2.05. The van der Waals surface area contributed by atoms with Gasteiger partial charge in [0.2, 0.25) is 0 Å². The monoisotopic (exact) mass is 216 g/mol. The molecule has 0 saturated carbocycles. The molecule has 7 heteroatoms. The van der Waals surface area contributed by atoms with E-state index in [1.165, 1.54) is 0 Å². The molecule has 0 saturated heterocycles. The fourth-order valence-electron chi connectivity index (χ4n) is 0.322. The Morgan fingerprint density at radius 2 is 2.08 bits per heavy atom. The van der Waals surface area contributed by atoms with Crippen molar-refractivity contribution in [2.45, 2.75) is 13.8 Å². The zero-order valence-electron chi connectivity index (χ0n) is 7.22. The highest BCUT2D eigenvalue weighted by molar-refractivity contribution is 8.43. The molecule has 1 N–H and O–H groups in total. The number of rotatable bonds is 5. The Morgan fingerprint density at radius 3 is 2.42 bits per heavy atom. The molecule has 74 valence electrons. The van der Waals surface area contributed by atoms with E-state index in [9.17, 15) is 8.77 Å². The van der Waals surface area contributed by atoms with Gasteiger partial charge in [-0.1, -0.05) is 13.8 Å². The van der Waals surface area contributed by atoms with Crippen LogP contribution in [0.3, 0.4) is 0 Å². The first-order valence-corrected chi connectivity index (χ1v) is 6.60. The second-order valence-electron chi connectivity index (χ2n) is 2.55. The molecule has 0 aromatic rings. The van der Waals surface area contributed by atoms with E-state index in [-0.39, 0.29) is 12.5 Å². The largest absolute Gasteiger partial charge is 0.442 e. The molecule has 5 nitrogen and oxygen atoms in total. The van der Waals surface area contributed by atoms with Crippen LogP contribution in [0.2, 0.25) is 0 Å². The van der Waals surface area contributed by atoms with Gasteiger partial charge in [-0.15, -0.1) is 0 Å².